The van der Waals surface area contributed by atoms with Crippen molar-refractivity contribution in [3.05, 3.63) is 23.8 Å². The van der Waals surface area contributed by atoms with Gasteiger partial charge in [-0.1, -0.05) is 31.6 Å². The molecule has 2 N–H and O–H groups in total. The van der Waals surface area contributed by atoms with E-state index in [4.69, 9.17) is 9.84 Å². The molecule has 0 fully saturated rings. The highest BCUT2D eigenvalue weighted by Gasteiger charge is 2.08. The Morgan fingerprint density at radius 3 is 2.85 bits per heavy atom. The van der Waals surface area contributed by atoms with Gasteiger partial charge in [-0.15, -0.1) is 0 Å². The molecule has 0 heterocycles. The Morgan fingerprint density at radius 2 is 2.20 bits per heavy atom. The number of amides is 1. The largest absolute Gasteiger partial charge is 0.495 e. The molecule has 0 aromatic heterocycles. The maximum Gasteiger partial charge on any atom is 0.224 e. The minimum atomic E-state index is -0.190. The Balaban J connectivity index is 2.77. The smallest absolute Gasteiger partial charge is 0.224 e. The molecular formula is C16H21NO3. The fourth-order valence-electron chi connectivity index (χ4n) is 1.77. The summed E-state index contributed by atoms with van der Waals surface area (Å²) in [7, 11) is 1.56. The number of anilines is 1. The zero-order valence-electron chi connectivity index (χ0n) is 12.0. The van der Waals surface area contributed by atoms with Gasteiger partial charge in [0, 0.05) is 12.0 Å². The molecule has 0 atom stereocenters. The lowest BCUT2D eigenvalue weighted by Gasteiger charge is -2.10. The molecule has 0 unspecified atom stereocenters. The summed E-state index contributed by atoms with van der Waals surface area (Å²) in [5, 5.41) is 11.5. The molecule has 4 nitrogen and oxygen atoms in total. The molecule has 0 bridgehead atoms. The summed E-state index contributed by atoms with van der Waals surface area (Å²) in [4.78, 5) is 11.8. The second-order valence-electron chi connectivity index (χ2n) is 4.38. The maximum atomic E-state index is 11.8. The van der Waals surface area contributed by atoms with Crippen molar-refractivity contribution in [2.75, 3.05) is 19.0 Å². The molecule has 108 valence electrons. The fourth-order valence-corrected chi connectivity index (χ4v) is 1.77. The second kappa shape index (κ2) is 9.00. The van der Waals surface area contributed by atoms with Crippen molar-refractivity contribution in [3.63, 3.8) is 0 Å². The second-order valence-corrected chi connectivity index (χ2v) is 4.38. The van der Waals surface area contributed by atoms with Crippen molar-refractivity contribution < 1.29 is 14.6 Å². The summed E-state index contributed by atoms with van der Waals surface area (Å²) in [5.41, 5.74) is 1.34. The van der Waals surface area contributed by atoms with Crippen molar-refractivity contribution >= 4 is 11.6 Å². The molecule has 0 saturated heterocycles. The van der Waals surface area contributed by atoms with Crippen LogP contribution in [0.5, 0.6) is 5.75 Å². The van der Waals surface area contributed by atoms with E-state index in [2.05, 4.69) is 24.1 Å². The lowest BCUT2D eigenvalue weighted by atomic mass is 10.1. The molecule has 0 radical (unpaired) electrons. The van der Waals surface area contributed by atoms with Gasteiger partial charge in [-0.2, -0.15) is 0 Å². The molecule has 0 aliphatic heterocycles. The first kappa shape index (κ1) is 16.1. The number of rotatable bonds is 6. The first-order chi connectivity index (χ1) is 9.71. The highest BCUT2D eigenvalue weighted by molar-refractivity contribution is 5.92. The number of aliphatic hydroxyl groups is 1. The van der Waals surface area contributed by atoms with E-state index in [1.165, 1.54) is 0 Å². The van der Waals surface area contributed by atoms with E-state index in [0.717, 1.165) is 24.8 Å². The van der Waals surface area contributed by atoms with Gasteiger partial charge in [0.25, 0.3) is 0 Å². The van der Waals surface area contributed by atoms with E-state index in [9.17, 15) is 4.79 Å². The van der Waals surface area contributed by atoms with E-state index >= 15 is 0 Å². The predicted octanol–water partition coefficient (Wildman–Crippen LogP) is 2.56. The highest BCUT2D eigenvalue weighted by atomic mass is 16.5. The molecule has 0 spiro atoms. The van der Waals surface area contributed by atoms with Crippen LogP contribution in [-0.2, 0) is 4.79 Å². The van der Waals surface area contributed by atoms with Crippen LogP contribution in [0.3, 0.4) is 0 Å². The van der Waals surface area contributed by atoms with E-state index in [1.807, 2.05) is 0 Å². The summed E-state index contributed by atoms with van der Waals surface area (Å²) < 4.78 is 5.22. The van der Waals surface area contributed by atoms with Crippen molar-refractivity contribution in [2.45, 2.75) is 32.6 Å². The third kappa shape index (κ3) is 5.33. The zero-order chi connectivity index (χ0) is 14.8. The highest BCUT2D eigenvalue weighted by Crippen LogP contribution is 2.25. The average Bonchev–Trinajstić information content (AvgIpc) is 2.45. The van der Waals surface area contributed by atoms with Gasteiger partial charge in [-0.05, 0) is 24.6 Å². The molecule has 1 amide bonds. The molecule has 0 saturated carbocycles. The number of methoxy groups -OCH3 is 1. The first-order valence-corrected chi connectivity index (χ1v) is 6.78. The molecule has 1 rings (SSSR count). The van der Waals surface area contributed by atoms with E-state index < -0.39 is 0 Å². The number of hydrogen-bond donors (Lipinski definition) is 2. The Kier molecular flexibility index (Phi) is 7.23. The Hall–Kier alpha value is -1.99. The van der Waals surface area contributed by atoms with Crippen molar-refractivity contribution in [1.82, 2.24) is 0 Å². The average molecular weight is 275 g/mol. The number of aliphatic hydroxyl groups excluding tert-OH is 1. The molecule has 20 heavy (non-hydrogen) atoms. The van der Waals surface area contributed by atoms with Crippen molar-refractivity contribution in [3.8, 4) is 17.6 Å². The fraction of sp³-hybridized carbons (Fsp3) is 0.438. The standard InChI is InChI=1S/C16H21NO3/c1-3-4-5-8-16(19)17-14-12-13(7-6-11-18)9-10-15(14)20-2/h9-10,12,18H,3-5,8,11H2,1-2H3,(H,17,19). The van der Waals surface area contributed by atoms with Gasteiger partial charge in [0.2, 0.25) is 5.91 Å². The minimum absolute atomic E-state index is 0.0241. The van der Waals surface area contributed by atoms with Gasteiger partial charge >= 0.3 is 0 Å². The lowest BCUT2D eigenvalue weighted by molar-refractivity contribution is -0.116. The predicted molar refractivity (Wildman–Crippen MR) is 79.7 cm³/mol. The minimum Gasteiger partial charge on any atom is -0.495 e. The number of hydrogen-bond acceptors (Lipinski definition) is 3. The first-order valence-electron chi connectivity index (χ1n) is 6.78. The van der Waals surface area contributed by atoms with Gasteiger partial charge in [-0.3, -0.25) is 4.79 Å². The number of benzene rings is 1. The normalized spacial score (nSPS) is 9.55. The number of nitrogens with one attached hydrogen (secondary N) is 1. The van der Waals surface area contributed by atoms with Crippen LogP contribution in [0.25, 0.3) is 0 Å². The van der Waals surface area contributed by atoms with Crippen molar-refractivity contribution in [2.24, 2.45) is 0 Å². The Labute approximate surface area is 120 Å². The third-order valence-electron chi connectivity index (χ3n) is 2.79. The number of carbonyl (C=O) groups excluding carboxylic acids is 1. The third-order valence-corrected chi connectivity index (χ3v) is 2.79. The number of ether oxygens (including phenoxy) is 1. The van der Waals surface area contributed by atoms with Gasteiger partial charge in [-0.25, -0.2) is 0 Å². The van der Waals surface area contributed by atoms with Crippen LogP contribution in [0.2, 0.25) is 0 Å². The zero-order valence-corrected chi connectivity index (χ0v) is 12.0. The molecular weight excluding hydrogens is 254 g/mol. The molecule has 0 aliphatic carbocycles. The van der Waals surface area contributed by atoms with Crippen LogP contribution in [0.4, 0.5) is 5.69 Å². The van der Waals surface area contributed by atoms with Gasteiger partial charge in [0.1, 0.15) is 12.4 Å². The summed E-state index contributed by atoms with van der Waals surface area (Å²) >= 11 is 0. The molecule has 4 heteroatoms. The van der Waals surface area contributed by atoms with Crippen LogP contribution in [0.1, 0.15) is 38.2 Å². The summed E-state index contributed by atoms with van der Waals surface area (Å²) in [6, 6.07) is 5.29. The van der Waals surface area contributed by atoms with Crippen LogP contribution < -0.4 is 10.1 Å². The van der Waals surface area contributed by atoms with E-state index in [0.29, 0.717) is 17.9 Å². The summed E-state index contributed by atoms with van der Waals surface area (Å²) in [6.07, 6.45) is 3.52. The summed E-state index contributed by atoms with van der Waals surface area (Å²) in [6.45, 7) is 1.91. The molecule has 0 aliphatic rings. The molecule has 1 aromatic carbocycles. The van der Waals surface area contributed by atoms with Crippen molar-refractivity contribution in [1.29, 1.82) is 0 Å². The van der Waals surface area contributed by atoms with E-state index in [1.54, 1.807) is 25.3 Å². The number of unbranched alkanes of at least 4 members (excludes halogenated alkanes) is 2. The quantitative estimate of drug-likeness (QED) is 0.619. The lowest BCUT2D eigenvalue weighted by Crippen LogP contribution is -2.12. The monoisotopic (exact) mass is 275 g/mol. The molecule has 1 aromatic rings. The van der Waals surface area contributed by atoms with Crippen LogP contribution in [0.15, 0.2) is 18.2 Å². The number of carbonyl (C=O) groups is 1. The van der Waals surface area contributed by atoms with Gasteiger partial charge in [0.05, 0.1) is 12.8 Å². The van der Waals surface area contributed by atoms with Gasteiger partial charge in [0.15, 0.2) is 0 Å². The SMILES string of the molecule is CCCCCC(=O)Nc1cc(C#CCO)ccc1OC. The topological polar surface area (TPSA) is 58.6 Å². The van der Waals surface area contributed by atoms with Crippen LogP contribution >= 0.6 is 0 Å². The Bertz CT molecular complexity index is 500. The Morgan fingerprint density at radius 1 is 1.40 bits per heavy atom. The summed E-state index contributed by atoms with van der Waals surface area (Å²) in [5.74, 6) is 5.96. The maximum absolute atomic E-state index is 11.8. The van der Waals surface area contributed by atoms with E-state index in [-0.39, 0.29) is 12.5 Å². The van der Waals surface area contributed by atoms with Crippen LogP contribution in [-0.4, -0.2) is 24.7 Å². The van der Waals surface area contributed by atoms with Gasteiger partial charge < -0.3 is 15.2 Å². The van der Waals surface area contributed by atoms with Crippen LogP contribution in [0, 0.1) is 11.8 Å².